The van der Waals surface area contributed by atoms with E-state index in [-0.39, 0.29) is 47.6 Å². The Bertz CT molecular complexity index is 1060. The molecule has 1 saturated heterocycles. The number of nitrogens with zero attached hydrogens (tertiary/aromatic N) is 6. The number of fused-ring (bicyclic) bond motifs is 4. The fourth-order valence-electron chi connectivity index (χ4n) is 4.22. The number of hydrogen-bond donors (Lipinski definition) is 3. The second-order valence-electron chi connectivity index (χ2n) is 7.14. The van der Waals surface area contributed by atoms with Crippen LogP contribution in [-0.2, 0) is 0 Å². The molecule has 1 amide bonds. The molecule has 5 rings (SSSR count). The molecule has 0 aromatic carbocycles. The van der Waals surface area contributed by atoms with Crippen LogP contribution in [0.15, 0.2) is 35.6 Å². The van der Waals surface area contributed by atoms with Gasteiger partial charge >= 0.3 is 0 Å². The molecule has 11 nitrogen and oxygen atoms in total. The second-order valence-corrected chi connectivity index (χ2v) is 7.14. The van der Waals surface area contributed by atoms with Crippen molar-refractivity contribution in [1.82, 2.24) is 45.1 Å². The molecule has 2 aliphatic heterocycles. The number of amides is 1. The SMILES string of the molecule is Cl.O=C(NC[C@H]1[C@@H]2CNC[C@@H](C2)c2cccc(=O)n21)c1nc(-n2cnnc2)n[nH]1. The molecule has 3 aromatic rings. The number of piperidine rings is 1. The molecule has 0 saturated carbocycles. The van der Waals surface area contributed by atoms with Gasteiger partial charge in [0.25, 0.3) is 17.4 Å². The number of aromatic nitrogens is 7. The third-order valence-electron chi connectivity index (χ3n) is 5.51. The van der Waals surface area contributed by atoms with Crippen LogP contribution in [0.5, 0.6) is 0 Å². The van der Waals surface area contributed by atoms with Crippen molar-refractivity contribution < 1.29 is 4.79 Å². The summed E-state index contributed by atoms with van der Waals surface area (Å²) in [5.41, 5.74) is 1.01. The van der Waals surface area contributed by atoms with E-state index in [4.69, 9.17) is 0 Å². The standard InChI is InChI=1S/C17H19N9O2.ClH/c27-14-3-1-2-12-10-4-11(6-18-5-10)13(26(12)14)7-19-16(28)15-22-17(24-23-15)25-8-20-21-9-25;/h1-3,8-11,13,18H,4-7H2,(H,19,28)(H,22,23,24);1H/t10-,11+,13+;/m1./s1. The summed E-state index contributed by atoms with van der Waals surface area (Å²) in [6.07, 6.45) is 3.91. The smallest absolute Gasteiger partial charge is 0.288 e. The van der Waals surface area contributed by atoms with Crippen LogP contribution >= 0.6 is 12.4 Å². The first-order valence-corrected chi connectivity index (χ1v) is 9.18. The van der Waals surface area contributed by atoms with Crippen LogP contribution in [0.3, 0.4) is 0 Å². The van der Waals surface area contributed by atoms with Gasteiger partial charge in [0.05, 0.1) is 6.04 Å². The molecule has 1 fully saturated rings. The minimum absolute atomic E-state index is 0. The zero-order valence-electron chi connectivity index (χ0n) is 15.4. The van der Waals surface area contributed by atoms with E-state index in [0.29, 0.717) is 12.5 Å². The number of carbonyl (C=O) groups excluding carboxylic acids is 1. The van der Waals surface area contributed by atoms with E-state index in [1.807, 2.05) is 10.6 Å². The topological polar surface area (TPSA) is 135 Å². The largest absolute Gasteiger partial charge is 0.347 e. The van der Waals surface area contributed by atoms with E-state index in [1.54, 1.807) is 12.1 Å². The normalized spacial score (nSPS) is 22.4. The lowest BCUT2D eigenvalue weighted by atomic mass is 9.79. The van der Waals surface area contributed by atoms with Gasteiger partial charge in [-0.05, 0) is 18.4 Å². The molecule has 152 valence electrons. The minimum atomic E-state index is -0.372. The molecular weight excluding hydrogens is 398 g/mol. The maximum atomic E-state index is 12.6. The molecule has 2 bridgehead atoms. The van der Waals surface area contributed by atoms with Gasteiger partial charge in [0.1, 0.15) is 12.7 Å². The highest BCUT2D eigenvalue weighted by Gasteiger charge is 2.37. The summed E-state index contributed by atoms with van der Waals surface area (Å²) in [6, 6.07) is 5.29. The molecule has 29 heavy (non-hydrogen) atoms. The first-order valence-electron chi connectivity index (χ1n) is 9.18. The first-order chi connectivity index (χ1) is 13.7. The van der Waals surface area contributed by atoms with Gasteiger partial charge in [-0.1, -0.05) is 6.07 Å². The zero-order chi connectivity index (χ0) is 19.1. The summed E-state index contributed by atoms with van der Waals surface area (Å²) in [5, 5.41) is 20.3. The van der Waals surface area contributed by atoms with Crippen LogP contribution in [0.4, 0.5) is 0 Å². The minimum Gasteiger partial charge on any atom is -0.347 e. The molecule has 5 heterocycles. The van der Waals surface area contributed by atoms with Gasteiger partial charge in [-0.2, -0.15) is 4.98 Å². The number of pyridine rings is 1. The lowest BCUT2D eigenvalue weighted by Gasteiger charge is -2.43. The maximum Gasteiger partial charge on any atom is 0.288 e. The number of aromatic amines is 1. The number of halogens is 1. The van der Waals surface area contributed by atoms with Crippen LogP contribution in [0.1, 0.15) is 34.7 Å². The second kappa shape index (κ2) is 7.76. The van der Waals surface area contributed by atoms with Gasteiger partial charge in [-0.25, -0.2) is 0 Å². The van der Waals surface area contributed by atoms with Crippen molar-refractivity contribution in [3.05, 3.63) is 52.7 Å². The van der Waals surface area contributed by atoms with Crippen molar-refractivity contribution in [2.45, 2.75) is 18.4 Å². The summed E-state index contributed by atoms with van der Waals surface area (Å²) in [6.45, 7) is 2.05. The number of H-pyrrole nitrogens is 1. The van der Waals surface area contributed by atoms with Crippen LogP contribution < -0.4 is 16.2 Å². The van der Waals surface area contributed by atoms with Gasteiger partial charge in [0, 0.05) is 37.3 Å². The monoisotopic (exact) mass is 417 g/mol. The van der Waals surface area contributed by atoms with Crippen LogP contribution in [0.2, 0.25) is 0 Å². The predicted molar refractivity (Wildman–Crippen MR) is 104 cm³/mol. The lowest BCUT2D eigenvalue weighted by Crippen LogP contribution is -2.50. The highest BCUT2D eigenvalue weighted by molar-refractivity contribution is 5.90. The Morgan fingerprint density at radius 3 is 2.90 bits per heavy atom. The van der Waals surface area contributed by atoms with Crippen LogP contribution in [0, 0.1) is 5.92 Å². The van der Waals surface area contributed by atoms with E-state index < -0.39 is 0 Å². The average molecular weight is 418 g/mol. The van der Waals surface area contributed by atoms with Gasteiger partial charge in [0.15, 0.2) is 0 Å². The van der Waals surface area contributed by atoms with Crippen molar-refractivity contribution in [3.63, 3.8) is 0 Å². The van der Waals surface area contributed by atoms with E-state index in [1.165, 1.54) is 17.2 Å². The Labute approximate surface area is 171 Å². The molecule has 0 aliphatic carbocycles. The third kappa shape index (κ3) is 3.42. The Balaban J connectivity index is 0.00000205. The van der Waals surface area contributed by atoms with Gasteiger partial charge in [0.2, 0.25) is 5.82 Å². The maximum absolute atomic E-state index is 12.6. The molecule has 2 aliphatic rings. The van der Waals surface area contributed by atoms with Crippen molar-refractivity contribution >= 4 is 18.3 Å². The number of rotatable bonds is 4. The molecular formula is C17H20ClN9O2. The quantitative estimate of drug-likeness (QED) is 0.527. The molecule has 12 heteroatoms. The molecule has 3 aromatic heterocycles. The van der Waals surface area contributed by atoms with Crippen molar-refractivity contribution in [2.75, 3.05) is 19.6 Å². The zero-order valence-corrected chi connectivity index (χ0v) is 16.2. The summed E-state index contributed by atoms with van der Waals surface area (Å²) in [4.78, 5) is 29.3. The molecule has 3 N–H and O–H groups in total. The van der Waals surface area contributed by atoms with Crippen molar-refractivity contribution in [2.24, 2.45) is 5.92 Å². The Kier molecular flexibility index (Phi) is 5.16. The van der Waals surface area contributed by atoms with Crippen LogP contribution in [-0.4, -0.2) is 60.1 Å². The summed E-state index contributed by atoms with van der Waals surface area (Å²) >= 11 is 0. The predicted octanol–water partition coefficient (Wildman–Crippen LogP) is -0.353. The van der Waals surface area contributed by atoms with Crippen molar-refractivity contribution in [3.8, 4) is 5.95 Å². The van der Waals surface area contributed by atoms with Gasteiger partial charge < -0.3 is 15.2 Å². The Morgan fingerprint density at radius 1 is 1.24 bits per heavy atom. The lowest BCUT2D eigenvalue weighted by molar-refractivity contribution is 0.0922. The third-order valence-corrected chi connectivity index (χ3v) is 5.51. The first kappa shape index (κ1) is 19.3. The Hall–Kier alpha value is -3.05. The summed E-state index contributed by atoms with van der Waals surface area (Å²) < 4.78 is 3.35. The van der Waals surface area contributed by atoms with Gasteiger partial charge in [-0.3, -0.25) is 19.3 Å². The van der Waals surface area contributed by atoms with E-state index in [9.17, 15) is 9.59 Å². The highest BCUT2D eigenvalue weighted by atomic mass is 35.5. The van der Waals surface area contributed by atoms with E-state index in [2.05, 4.69) is 36.0 Å². The molecule has 0 radical (unpaired) electrons. The fourth-order valence-corrected chi connectivity index (χ4v) is 4.22. The van der Waals surface area contributed by atoms with Gasteiger partial charge in [-0.15, -0.1) is 27.7 Å². The highest BCUT2D eigenvalue weighted by Crippen LogP contribution is 2.38. The Morgan fingerprint density at radius 2 is 2.07 bits per heavy atom. The average Bonchev–Trinajstić information content (AvgIpc) is 3.40. The number of carbonyl (C=O) groups is 1. The molecule has 3 atom stereocenters. The summed E-state index contributed by atoms with van der Waals surface area (Å²) in [7, 11) is 0. The molecule has 0 unspecified atom stereocenters. The summed E-state index contributed by atoms with van der Waals surface area (Å²) in [5.74, 6) is 0.630. The van der Waals surface area contributed by atoms with Crippen LogP contribution in [0.25, 0.3) is 5.95 Å². The number of nitrogens with one attached hydrogen (secondary N) is 3. The van der Waals surface area contributed by atoms with E-state index >= 15 is 0 Å². The van der Waals surface area contributed by atoms with Crippen molar-refractivity contribution in [1.29, 1.82) is 0 Å². The fraction of sp³-hybridized carbons (Fsp3) is 0.412. The molecule has 0 spiro atoms. The number of hydrogen-bond acceptors (Lipinski definition) is 7. The van der Waals surface area contributed by atoms with E-state index in [0.717, 1.165) is 25.2 Å².